The van der Waals surface area contributed by atoms with Crippen LogP contribution in [0.25, 0.3) is 11.0 Å². The standard InChI is InChI=1S/C11H14N4O4/c1-6(5-16)7(2)12-8-3-4-9(15(17)18)11-10(8)13-19-14-11/h3-4,6-7,12,16H,5H2,1-2H3. The van der Waals surface area contributed by atoms with E-state index in [1.54, 1.807) is 6.07 Å². The number of benzene rings is 1. The van der Waals surface area contributed by atoms with Crippen LogP contribution >= 0.6 is 0 Å². The van der Waals surface area contributed by atoms with E-state index in [2.05, 4.69) is 20.3 Å². The van der Waals surface area contributed by atoms with Crippen LogP contribution in [0.3, 0.4) is 0 Å². The van der Waals surface area contributed by atoms with Crippen LogP contribution in [0, 0.1) is 16.0 Å². The smallest absolute Gasteiger partial charge is 0.300 e. The Kier molecular flexibility index (Phi) is 3.61. The highest BCUT2D eigenvalue weighted by molar-refractivity contribution is 5.93. The zero-order chi connectivity index (χ0) is 14.0. The van der Waals surface area contributed by atoms with Crippen molar-refractivity contribution in [3.05, 3.63) is 22.2 Å². The summed E-state index contributed by atoms with van der Waals surface area (Å²) in [5.41, 5.74) is 0.865. The monoisotopic (exact) mass is 266 g/mol. The van der Waals surface area contributed by atoms with Crippen LogP contribution in [0.1, 0.15) is 13.8 Å². The molecule has 0 aliphatic rings. The third-order valence-electron chi connectivity index (χ3n) is 3.12. The van der Waals surface area contributed by atoms with Crippen LogP contribution < -0.4 is 5.32 Å². The number of aliphatic hydroxyl groups excluding tert-OH is 1. The van der Waals surface area contributed by atoms with E-state index in [9.17, 15) is 10.1 Å². The van der Waals surface area contributed by atoms with Gasteiger partial charge >= 0.3 is 5.69 Å². The number of fused-ring (bicyclic) bond motifs is 1. The summed E-state index contributed by atoms with van der Waals surface area (Å²) in [7, 11) is 0. The second-order valence-electron chi connectivity index (χ2n) is 4.44. The van der Waals surface area contributed by atoms with Crippen LogP contribution in [-0.4, -0.2) is 33.0 Å². The zero-order valence-corrected chi connectivity index (χ0v) is 10.5. The lowest BCUT2D eigenvalue weighted by molar-refractivity contribution is -0.383. The Morgan fingerprint density at radius 2 is 2.11 bits per heavy atom. The van der Waals surface area contributed by atoms with Gasteiger partial charge in [0.2, 0.25) is 5.52 Å². The molecule has 0 saturated carbocycles. The predicted octanol–water partition coefficient (Wildman–Crippen LogP) is 1.56. The van der Waals surface area contributed by atoms with Crippen molar-refractivity contribution in [2.24, 2.45) is 5.92 Å². The van der Waals surface area contributed by atoms with Crippen LogP contribution in [0.2, 0.25) is 0 Å². The van der Waals surface area contributed by atoms with E-state index in [1.165, 1.54) is 6.07 Å². The lowest BCUT2D eigenvalue weighted by Gasteiger charge is -2.20. The molecule has 2 unspecified atom stereocenters. The molecule has 1 aromatic carbocycles. The molecule has 2 aromatic rings. The van der Waals surface area contributed by atoms with Crippen molar-refractivity contribution in [2.75, 3.05) is 11.9 Å². The molecule has 8 heteroatoms. The number of anilines is 1. The number of hydrogen-bond donors (Lipinski definition) is 2. The van der Waals surface area contributed by atoms with Crippen LogP contribution in [0.5, 0.6) is 0 Å². The Bertz CT molecular complexity index is 597. The first kappa shape index (κ1) is 13.2. The van der Waals surface area contributed by atoms with Crippen molar-refractivity contribution in [3.8, 4) is 0 Å². The summed E-state index contributed by atoms with van der Waals surface area (Å²) in [4.78, 5) is 10.3. The van der Waals surface area contributed by atoms with Crippen molar-refractivity contribution in [1.82, 2.24) is 10.3 Å². The first-order chi connectivity index (χ1) is 9.04. The number of aromatic nitrogens is 2. The molecule has 0 aliphatic carbocycles. The van der Waals surface area contributed by atoms with Gasteiger partial charge in [-0.25, -0.2) is 4.63 Å². The second kappa shape index (κ2) is 5.19. The molecule has 1 aromatic heterocycles. The van der Waals surface area contributed by atoms with Crippen molar-refractivity contribution in [3.63, 3.8) is 0 Å². The fourth-order valence-corrected chi connectivity index (χ4v) is 1.66. The highest BCUT2D eigenvalue weighted by Gasteiger charge is 2.21. The highest BCUT2D eigenvalue weighted by atomic mass is 16.6. The number of nitrogens with zero attached hydrogens (tertiary/aromatic N) is 3. The SMILES string of the molecule is CC(CO)C(C)Nc1ccc([N+](=O)[O-])c2nonc12. The third kappa shape index (κ3) is 2.48. The van der Waals surface area contributed by atoms with E-state index in [4.69, 9.17) is 5.11 Å². The normalized spacial score (nSPS) is 14.3. The fraction of sp³-hybridized carbons (Fsp3) is 0.455. The summed E-state index contributed by atoms with van der Waals surface area (Å²) < 4.78 is 4.57. The van der Waals surface area contributed by atoms with Gasteiger partial charge in [-0.15, -0.1) is 0 Å². The minimum absolute atomic E-state index is 0.0219. The topological polar surface area (TPSA) is 114 Å². The van der Waals surface area contributed by atoms with Gasteiger partial charge in [0.25, 0.3) is 0 Å². The summed E-state index contributed by atoms with van der Waals surface area (Å²) in [6.07, 6.45) is 0. The van der Waals surface area contributed by atoms with Crippen LogP contribution in [0.4, 0.5) is 11.4 Å². The molecule has 0 saturated heterocycles. The maximum absolute atomic E-state index is 10.8. The Balaban J connectivity index is 2.38. The largest absolute Gasteiger partial charge is 0.396 e. The average Bonchev–Trinajstić information content (AvgIpc) is 2.87. The maximum Gasteiger partial charge on any atom is 0.300 e. The summed E-state index contributed by atoms with van der Waals surface area (Å²) in [6.45, 7) is 3.84. The molecule has 0 spiro atoms. The third-order valence-corrected chi connectivity index (χ3v) is 3.12. The number of non-ortho nitro benzene ring substituents is 1. The van der Waals surface area contributed by atoms with E-state index < -0.39 is 4.92 Å². The number of rotatable bonds is 5. The fourth-order valence-electron chi connectivity index (χ4n) is 1.66. The Labute approximate surface area is 108 Å². The summed E-state index contributed by atoms with van der Waals surface area (Å²) in [5, 5.41) is 30.3. The molecule has 2 atom stereocenters. The molecule has 2 N–H and O–H groups in total. The minimum atomic E-state index is -0.532. The zero-order valence-electron chi connectivity index (χ0n) is 10.5. The molecule has 0 bridgehead atoms. The molecule has 0 radical (unpaired) electrons. The summed E-state index contributed by atoms with van der Waals surface area (Å²) in [6, 6.07) is 2.89. The quantitative estimate of drug-likeness (QED) is 0.623. The van der Waals surface area contributed by atoms with E-state index >= 15 is 0 Å². The van der Waals surface area contributed by atoms with Gasteiger partial charge in [0.1, 0.15) is 0 Å². The molecule has 0 aliphatic heterocycles. The van der Waals surface area contributed by atoms with Crippen LogP contribution in [0.15, 0.2) is 16.8 Å². The molecule has 8 nitrogen and oxygen atoms in total. The number of nitro benzene ring substituents is 1. The van der Waals surface area contributed by atoms with E-state index in [-0.39, 0.29) is 29.8 Å². The maximum atomic E-state index is 10.8. The van der Waals surface area contributed by atoms with Crippen molar-refractivity contribution in [1.29, 1.82) is 0 Å². The van der Waals surface area contributed by atoms with Gasteiger partial charge in [0.15, 0.2) is 5.52 Å². The number of aliphatic hydroxyl groups is 1. The molecule has 2 rings (SSSR count). The molecule has 19 heavy (non-hydrogen) atoms. The van der Waals surface area contributed by atoms with Crippen molar-refractivity contribution < 1.29 is 14.7 Å². The second-order valence-corrected chi connectivity index (χ2v) is 4.44. The number of hydrogen-bond acceptors (Lipinski definition) is 7. The van der Waals surface area contributed by atoms with Crippen molar-refractivity contribution >= 4 is 22.4 Å². The molecular formula is C11H14N4O4. The minimum Gasteiger partial charge on any atom is -0.396 e. The van der Waals surface area contributed by atoms with Gasteiger partial charge < -0.3 is 10.4 Å². The molecule has 0 amide bonds. The van der Waals surface area contributed by atoms with E-state index in [0.717, 1.165) is 0 Å². The van der Waals surface area contributed by atoms with Gasteiger partial charge in [-0.2, -0.15) is 0 Å². The van der Waals surface area contributed by atoms with Crippen LogP contribution in [-0.2, 0) is 0 Å². The first-order valence-electron chi connectivity index (χ1n) is 5.81. The Morgan fingerprint density at radius 3 is 2.74 bits per heavy atom. The van der Waals surface area contributed by atoms with Gasteiger partial charge in [-0.1, -0.05) is 6.92 Å². The van der Waals surface area contributed by atoms with Gasteiger partial charge in [-0.3, -0.25) is 10.1 Å². The average molecular weight is 266 g/mol. The highest BCUT2D eigenvalue weighted by Crippen LogP contribution is 2.29. The van der Waals surface area contributed by atoms with E-state index in [1.807, 2.05) is 13.8 Å². The molecule has 102 valence electrons. The lowest BCUT2D eigenvalue weighted by Crippen LogP contribution is -2.26. The Hall–Kier alpha value is -2.22. The molecule has 0 fully saturated rings. The number of nitro groups is 1. The van der Waals surface area contributed by atoms with Gasteiger partial charge in [0.05, 0.1) is 10.6 Å². The lowest BCUT2D eigenvalue weighted by atomic mass is 10.0. The summed E-state index contributed by atoms with van der Waals surface area (Å²) in [5.74, 6) is 0.0325. The summed E-state index contributed by atoms with van der Waals surface area (Å²) >= 11 is 0. The predicted molar refractivity (Wildman–Crippen MR) is 67.8 cm³/mol. The Morgan fingerprint density at radius 1 is 1.42 bits per heavy atom. The van der Waals surface area contributed by atoms with Gasteiger partial charge in [0, 0.05) is 18.7 Å². The van der Waals surface area contributed by atoms with Crippen molar-refractivity contribution in [2.45, 2.75) is 19.9 Å². The first-order valence-corrected chi connectivity index (χ1v) is 5.81. The number of nitrogens with one attached hydrogen (secondary N) is 1. The molecular weight excluding hydrogens is 252 g/mol. The molecule has 1 heterocycles. The van der Waals surface area contributed by atoms with Gasteiger partial charge in [-0.05, 0) is 29.2 Å². The van der Waals surface area contributed by atoms with E-state index in [0.29, 0.717) is 11.2 Å².